The highest BCUT2D eigenvalue weighted by atomic mass is 16.2. The van der Waals surface area contributed by atoms with Crippen LogP contribution in [0.1, 0.15) is 32.4 Å². The van der Waals surface area contributed by atoms with Crippen molar-refractivity contribution in [3.05, 3.63) is 18.0 Å². The first-order valence-electron chi connectivity index (χ1n) is 9.52. The number of likely N-dealkylation sites (N-methyl/N-ethyl adjacent to an activating group) is 1. The third-order valence-electron chi connectivity index (χ3n) is 5.56. The normalized spacial score (nSPS) is 26.1. The fraction of sp³-hybridized carbons (Fsp3) is 0.737. The lowest BCUT2D eigenvalue weighted by Gasteiger charge is -2.43. The molecular formula is C19H31N5O2. The van der Waals surface area contributed by atoms with Gasteiger partial charge in [-0.25, -0.2) is 0 Å². The molecule has 3 atom stereocenters. The lowest BCUT2D eigenvalue weighted by Crippen LogP contribution is -2.62. The van der Waals surface area contributed by atoms with Gasteiger partial charge in [0.1, 0.15) is 12.6 Å². The molecule has 0 radical (unpaired) electrons. The van der Waals surface area contributed by atoms with Crippen LogP contribution in [0.3, 0.4) is 0 Å². The average Bonchev–Trinajstić information content (AvgIpc) is 3.16. The molecule has 0 spiro atoms. The summed E-state index contributed by atoms with van der Waals surface area (Å²) in [4.78, 5) is 32.2. The molecule has 0 bridgehead atoms. The van der Waals surface area contributed by atoms with Crippen LogP contribution in [0.5, 0.6) is 0 Å². The molecule has 1 aromatic rings. The van der Waals surface area contributed by atoms with E-state index in [2.05, 4.69) is 37.9 Å². The Morgan fingerprint density at radius 3 is 2.65 bits per heavy atom. The lowest BCUT2D eigenvalue weighted by molar-refractivity contribution is -0.154. The van der Waals surface area contributed by atoms with E-state index < -0.39 is 0 Å². The van der Waals surface area contributed by atoms with Crippen LogP contribution in [0.4, 0.5) is 0 Å². The number of hydrogen-bond donors (Lipinski definition) is 0. The quantitative estimate of drug-likeness (QED) is 0.784. The van der Waals surface area contributed by atoms with E-state index in [1.165, 1.54) is 0 Å². The molecule has 2 aliphatic rings. The molecule has 3 rings (SSSR count). The Morgan fingerprint density at radius 1 is 1.35 bits per heavy atom. The second-order valence-electron chi connectivity index (χ2n) is 8.34. The van der Waals surface area contributed by atoms with Crippen LogP contribution >= 0.6 is 0 Å². The fourth-order valence-corrected chi connectivity index (χ4v) is 4.12. The molecule has 2 aliphatic heterocycles. The zero-order valence-corrected chi connectivity index (χ0v) is 16.6. The third kappa shape index (κ3) is 3.77. The van der Waals surface area contributed by atoms with Gasteiger partial charge in [-0.1, -0.05) is 13.8 Å². The SMILES string of the molecule is Cc1ccn(CC(=O)N2C[C@@H]3C[C@H](N(C)C)CN3C(=O)[C@@H]2CC(C)C)n1. The number of aromatic nitrogens is 2. The maximum Gasteiger partial charge on any atom is 0.245 e. The minimum absolute atomic E-state index is 0.0138. The summed E-state index contributed by atoms with van der Waals surface area (Å²) in [5.41, 5.74) is 0.891. The number of piperazine rings is 1. The summed E-state index contributed by atoms with van der Waals surface area (Å²) in [7, 11) is 4.12. The van der Waals surface area contributed by atoms with Gasteiger partial charge in [0.2, 0.25) is 11.8 Å². The van der Waals surface area contributed by atoms with Crippen molar-refractivity contribution >= 4 is 11.8 Å². The van der Waals surface area contributed by atoms with Crippen molar-refractivity contribution in [3.63, 3.8) is 0 Å². The molecule has 26 heavy (non-hydrogen) atoms. The Kier molecular flexibility index (Phi) is 5.37. The number of rotatable bonds is 5. The van der Waals surface area contributed by atoms with E-state index in [9.17, 15) is 9.59 Å². The zero-order chi connectivity index (χ0) is 19.0. The summed E-state index contributed by atoms with van der Waals surface area (Å²) in [6.45, 7) is 7.71. The highest BCUT2D eigenvalue weighted by Crippen LogP contribution is 2.30. The lowest BCUT2D eigenvalue weighted by atomic mass is 9.97. The Hall–Kier alpha value is -1.89. The van der Waals surface area contributed by atoms with E-state index >= 15 is 0 Å². The topological polar surface area (TPSA) is 61.7 Å². The van der Waals surface area contributed by atoms with Crippen molar-refractivity contribution in [2.45, 2.75) is 58.3 Å². The monoisotopic (exact) mass is 361 g/mol. The average molecular weight is 361 g/mol. The van der Waals surface area contributed by atoms with Crippen molar-refractivity contribution in [3.8, 4) is 0 Å². The number of hydrogen-bond acceptors (Lipinski definition) is 4. The van der Waals surface area contributed by atoms with Crippen molar-refractivity contribution in [1.29, 1.82) is 0 Å². The summed E-state index contributed by atoms with van der Waals surface area (Å²) >= 11 is 0. The van der Waals surface area contributed by atoms with Gasteiger partial charge in [0.25, 0.3) is 0 Å². The molecule has 144 valence electrons. The summed E-state index contributed by atoms with van der Waals surface area (Å²) in [6.07, 6.45) is 3.46. The Balaban J connectivity index is 1.79. The maximum atomic E-state index is 13.2. The number of nitrogens with zero attached hydrogens (tertiary/aromatic N) is 5. The summed E-state index contributed by atoms with van der Waals surface area (Å²) in [5, 5.41) is 4.32. The molecule has 3 heterocycles. The Labute approximate surface area is 155 Å². The number of aryl methyl sites for hydroxylation is 1. The van der Waals surface area contributed by atoms with Gasteiger partial charge in [0, 0.05) is 25.3 Å². The van der Waals surface area contributed by atoms with Gasteiger partial charge < -0.3 is 14.7 Å². The van der Waals surface area contributed by atoms with Crippen LogP contribution in [-0.2, 0) is 16.1 Å². The van der Waals surface area contributed by atoms with Crippen molar-refractivity contribution in [2.24, 2.45) is 5.92 Å². The number of carbonyl (C=O) groups excluding carboxylic acids is 2. The highest BCUT2D eigenvalue weighted by Gasteiger charge is 2.47. The first-order valence-corrected chi connectivity index (χ1v) is 9.52. The summed E-state index contributed by atoms with van der Waals surface area (Å²) in [5.74, 6) is 0.458. The van der Waals surface area contributed by atoms with Crippen LogP contribution in [0.15, 0.2) is 12.3 Å². The standard InChI is InChI=1S/C19H31N5O2/c1-13(2)8-17-19(26)23-10-15(21(4)5)9-16(23)11-24(17)18(25)12-22-7-6-14(3)20-22/h6-7,13,15-17H,8-12H2,1-5H3/t15-,16-,17-/m0/s1. The molecule has 2 amide bonds. The molecule has 0 saturated carbocycles. The van der Waals surface area contributed by atoms with E-state index in [4.69, 9.17) is 0 Å². The minimum Gasteiger partial charge on any atom is -0.335 e. The molecule has 1 aromatic heterocycles. The molecule has 2 saturated heterocycles. The first-order chi connectivity index (χ1) is 12.3. The second-order valence-corrected chi connectivity index (χ2v) is 8.34. The molecule has 0 N–H and O–H groups in total. The van der Waals surface area contributed by atoms with Gasteiger partial charge in [0.15, 0.2) is 0 Å². The van der Waals surface area contributed by atoms with E-state index in [0.29, 0.717) is 24.9 Å². The van der Waals surface area contributed by atoms with Crippen molar-refractivity contribution < 1.29 is 9.59 Å². The van der Waals surface area contributed by atoms with Crippen LogP contribution in [0, 0.1) is 12.8 Å². The smallest absolute Gasteiger partial charge is 0.245 e. The molecular weight excluding hydrogens is 330 g/mol. The molecule has 0 aromatic carbocycles. The number of amides is 2. The minimum atomic E-state index is -0.351. The van der Waals surface area contributed by atoms with Gasteiger partial charge in [-0.15, -0.1) is 0 Å². The number of fused-ring (bicyclic) bond motifs is 1. The largest absolute Gasteiger partial charge is 0.335 e. The number of carbonyl (C=O) groups is 2. The summed E-state index contributed by atoms with van der Waals surface area (Å²) < 4.78 is 1.66. The van der Waals surface area contributed by atoms with E-state index in [1.54, 1.807) is 4.68 Å². The van der Waals surface area contributed by atoms with E-state index in [0.717, 1.165) is 18.7 Å². The van der Waals surface area contributed by atoms with Crippen LogP contribution in [-0.4, -0.2) is 81.6 Å². The zero-order valence-electron chi connectivity index (χ0n) is 16.6. The molecule has 0 aliphatic carbocycles. The van der Waals surface area contributed by atoms with Gasteiger partial charge in [-0.2, -0.15) is 5.10 Å². The molecule has 2 fully saturated rings. The third-order valence-corrected chi connectivity index (χ3v) is 5.56. The highest BCUT2D eigenvalue weighted by molar-refractivity contribution is 5.89. The van der Waals surface area contributed by atoms with Gasteiger partial charge >= 0.3 is 0 Å². The Morgan fingerprint density at radius 2 is 2.08 bits per heavy atom. The van der Waals surface area contributed by atoms with Crippen LogP contribution in [0.25, 0.3) is 0 Å². The maximum absolute atomic E-state index is 13.2. The fourth-order valence-electron chi connectivity index (χ4n) is 4.12. The van der Waals surface area contributed by atoms with Crippen LogP contribution < -0.4 is 0 Å². The van der Waals surface area contributed by atoms with Gasteiger partial charge in [-0.05, 0) is 45.8 Å². The van der Waals surface area contributed by atoms with Crippen LogP contribution in [0.2, 0.25) is 0 Å². The Bertz CT molecular complexity index is 669. The molecule has 7 nitrogen and oxygen atoms in total. The predicted molar refractivity (Wildman–Crippen MR) is 99.5 cm³/mol. The van der Waals surface area contributed by atoms with Gasteiger partial charge in [-0.3, -0.25) is 14.3 Å². The predicted octanol–water partition coefficient (Wildman–Crippen LogP) is 0.980. The van der Waals surface area contributed by atoms with Gasteiger partial charge in [0.05, 0.1) is 11.7 Å². The van der Waals surface area contributed by atoms with Crippen molar-refractivity contribution in [1.82, 2.24) is 24.5 Å². The summed E-state index contributed by atoms with van der Waals surface area (Å²) in [6, 6.07) is 2.03. The van der Waals surface area contributed by atoms with E-state index in [-0.39, 0.29) is 30.4 Å². The second kappa shape index (κ2) is 7.39. The van der Waals surface area contributed by atoms with E-state index in [1.807, 2.05) is 29.0 Å². The molecule has 0 unspecified atom stereocenters. The molecule has 7 heteroatoms. The first kappa shape index (κ1) is 18.9. The van der Waals surface area contributed by atoms with Crippen molar-refractivity contribution in [2.75, 3.05) is 27.2 Å².